The number of piperidine rings is 1. The van der Waals surface area contributed by atoms with E-state index in [0.717, 1.165) is 36.3 Å². The van der Waals surface area contributed by atoms with E-state index in [-0.39, 0.29) is 0 Å². The maximum Gasteiger partial charge on any atom is 0.0138 e. The molecule has 0 spiro atoms. The Balaban J connectivity index is 1.91. The Labute approximate surface area is 120 Å². The van der Waals surface area contributed by atoms with Crippen molar-refractivity contribution in [2.75, 3.05) is 19.6 Å². The molecule has 0 bridgehead atoms. The highest BCUT2D eigenvalue weighted by molar-refractivity contribution is 4.89. The van der Waals surface area contributed by atoms with Crippen LogP contribution >= 0.6 is 0 Å². The third-order valence-corrected chi connectivity index (χ3v) is 5.93. The highest BCUT2D eigenvalue weighted by atomic mass is 15.2. The van der Waals surface area contributed by atoms with Crippen molar-refractivity contribution in [1.82, 2.24) is 4.90 Å². The van der Waals surface area contributed by atoms with Crippen LogP contribution in [-0.2, 0) is 0 Å². The molecule has 0 aromatic rings. The molecule has 1 heterocycles. The Bertz CT molecular complexity index is 256. The van der Waals surface area contributed by atoms with Crippen molar-refractivity contribution in [2.45, 2.75) is 65.3 Å². The van der Waals surface area contributed by atoms with Gasteiger partial charge in [0.05, 0.1) is 0 Å². The van der Waals surface area contributed by atoms with Crippen LogP contribution in [0.2, 0.25) is 0 Å². The molecular weight excluding hydrogens is 232 g/mol. The van der Waals surface area contributed by atoms with Crippen molar-refractivity contribution in [1.29, 1.82) is 0 Å². The van der Waals surface area contributed by atoms with Gasteiger partial charge in [0.1, 0.15) is 0 Å². The zero-order valence-electron chi connectivity index (χ0n) is 13.3. The van der Waals surface area contributed by atoms with Crippen LogP contribution in [0.3, 0.4) is 0 Å². The fraction of sp³-hybridized carbons (Fsp3) is 1.00. The molecule has 0 radical (unpaired) electrons. The molecule has 0 aromatic carbocycles. The highest BCUT2D eigenvalue weighted by Gasteiger charge is 2.35. The third kappa shape index (κ3) is 3.72. The molecule has 3 unspecified atom stereocenters. The van der Waals surface area contributed by atoms with E-state index in [4.69, 9.17) is 5.73 Å². The lowest BCUT2D eigenvalue weighted by molar-refractivity contribution is 0.0447. The Morgan fingerprint density at radius 2 is 1.79 bits per heavy atom. The van der Waals surface area contributed by atoms with Crippen LogP contribution in [0.1, 0.15) is 59.3 Å². The van der Waals surface area contributed by atoms with Crippen LogP contribution < -0.4 is 5.73 Å². The first-order chi connectivity index (χ1) is 9.15. The SMILES string of the molecule is CCC1CCC(CN)C(N2CCC(C(C)C)CC2)C1. The highest BCUT2D eigenvalue weighted by Crippen LogP contribution is 2.36. The average Bonchev–Trinajstić information content (AvgIpc) is 2.46. The van der Waals surface area contributed by atoms with Crippen molar-refractivity contribution < 1.29 is 0 Å². The number of rotatable bonds is 4. The van der Waals surface area contributed by atoms with E-state index >= 15 is 0 Å². The summed E-state index contributed by atoms with van der Waals surface area (Å²) in [7, 11) is 0. The van der Waals surface area contributed by atoms with Gasteiger partial charge in [-0.25, -0.2) is 0 Å². The summed E-state index contributed by atoms with van der Waals surface area (Å²) < 4.78 is 0. The van der Waals surface area contributed by atoms with Gasteiger partial charge in [-0.1, -0.05) is 33.6 Å². The lowest BCUT2D eigenvalue weighted by Gasteiger charge is -2.45. The van der Waals surface area contributed by atoms with Crippen LogP contribution in [-0.4, -0.2) is 30.6 Å². The molecule has 2 fully saturated rings. The van der Waals surface area contributed by atoms with Gasteiger partial charge in [-0.15, -0.1) is 0 Å². The molecule has 1 aliphatic heterocycles. The van der Waals surface area contributed by atoms with E-state index in [2.05, 4.69) is 25.7 Å². The summed E-state index contributed by atoms with van der Waals surface area (Å²) in [4.78, 5) is 2.79. The normalized spacial score (nSPS) is 34.9. The average molecular weight is 266 g/mol. The molecule has 2 aliphatic rings. The van der Waals surface area contributed by atoms with Crippen molar-refractivity contribution in [3.63, 3.8) is 0 Å². The zero-order chi connectivity index (χ0) is 13.8. The van der Waals surface area contributed by atoms with Gasteiger partial charge in [0.25, 0.3) is 0 Å². The van der Waals surface area contributed by atoms with Crippen LogP contribution in [0.4, 0.5) is 0 Å². The summed E-state index contributed by atoms with van der Waals surface area (Å²) in [6.45, 7) is 10.7. The van der Waals surface area contributed by atoms with Crippen molar-refractivity contribution in [3.8, 4) is 0 Å². The first-order valence-corrected chi connectivity index (χ1v) is 8.59. The van der Waals surface area contributed by atoms with E-state index in [9.17, 15) is 0 Å². The Hall–Kier alpha value is -0.0800. The Morgan fingerprint density at radius 1 is 1.11 bits per heavy atom. The predicted molar refractivity (Wildman–Crippen MR) is 83.1 cm³/mol. The van der Waals surface area contributed by atoms with Crippen molar-refractivity contribution in [3.05, 3.63) is 0 Å². The molecule has 0 aromatic heterocycles. The minimum atomic E-state index is 0.762. The van der Waals surface area contributed by atoms with Gasteiger partial charge >= 0.3 is 0 Å². The number of hydrogen-bond acceptors (Lipinski definition) is 2. The van der Waals surface area contributed by atoms with Gasteiger partial charge in [0.15, 0.2) is 0 Å². The van der Waals surface area contributed by atoms with Crippen LogP contribution in [0.15, 0.2) is 0 Å². The van der Waals surface area contributed by atoms with Gasteiger partial charge in [-0.05, 0) is 69.0 Å². The first kappa shape index (κ1) is 15.3. The smallest absolute Gasteiger partial charge is 0.0138 e. The van der Waals surface area contributed by atoms with Gasteiger partial charge in [0.2, 0.25) is 0 Å². The van der Waals surface area contributed by atoms with Gasteiger partial charge < -0.3 is 10.6 Å². The van der Waals surface area contributed by atoms with Gasteiger partial charge in [0, 0.05) is 6.04 Å². The fourth-order valence-corrected chi connectivity index (χ4v) is 4.30. The summed E-state index contributed by atoms with van der Waals surface area (Å²) >= 11 is 0. The Morgan fingerprint density at radius 3 is 2.32 bits per heavy atom. The molecule has 1 saturated carbocycles. The van der Waals surface area contributed by atoms with Gasteiger partial charge in [-0.2, -0.15) is 0 Å². The molecule has 19 heavy (non-hydrogen) atoms. The van der Waals surface area contributed by atoms with E-state index in [1.54, 1.807) is 0 Å². The van der Waals surface area contributed by atoms with Gasteiger partial charge in [-0.3, -0.25) is 0 Å². The predicted octanol–water partition coefficient (Wildman–Crippen LogP) is 3.51. The minimum absolute atomic E-state index is 0.762. The third-order valence-electron chi connectivity index (χ3n) is 5.93. The standard InChI is InChI=1S/C17H34N2/c1-4-14-5-6-16(12-18)17(11-14)19-9-7-15(8-10-19)13(2)3/h13-17H,4-12,18H2,1-3H3. The quantitative estimate of drug-likeness (QED) is 0.844. The van der Waals surface area contributed by atoms with E-state index in [1.807, 2.05) is 0 Å². The van der Waals surface area contributed by atoms with Crippen molar-refractivity contribution >= 4 is 0 Å². The van der Waals surface area contributed by atoms with Crippen molar-refractivity contribution in [2.24, 2.45) is 29.4 Å². The second-order valence-corrected chi connectivity index (χ2v) is 7.27. The first-order valence-electron chi connectivity index (χ1n) is 8.59. The van der Waals surface area contributed by atoms with Crippen LogP contribution in [0, 0.1) is 23.7 Å². The largest absolute Gasteiger partial charge is 0.330 e. The van der Waals surface area contributed by atoms with E-state index in [0.29, 0.717) is 0 Å². The molecule has 2 rings (SSSR count). The second-order valence-electron chi connectivity index (χ2n) is 7.27. The number of nitrogens with two attached hydrogens (primary N) is 1. The molecule has 112 valence electrons. The molecule has 1 saturated heterocycles. The summed E-state index contributed by atoms with van der Waals surface area (Å²) in [5, 5.41) is 0. The summed E-state index contributed by atoms with van der Waals surface area (Å²) in [5.74, 6) is 3.54. The number of likely N-dealkylation sites (tertiary alicyclic amines) is 1. The lowest BCUT2D eigenvalue weighted by atomic mass is 9.75. The summed E-state index contributed by atoms with van der Waals surface area (Å²) in [6.07, 6.45) is 8.35. The maximum atomic E-state index is 6.04. The molecule has 3 atom stereocenters. The van der Waals surface area contributed by atoms with E-state index < -0.39 is 0 Å². The number of hydrogen-bond donors (Lipinski definition) is 1. The van der Waals surface area contributed by atoms with Crippen LogP contribution in [0.25, 0.3) is 0 Å². The fourth-order valence-electron chi connectivity index (χ4n) is 4.30. The molecule has 2 N–H and O–H groups in total. The topological polar surface area (TPSA) is 29.3 Å². The minimum Gasteiger partial charge on any atom is -0.330 e. The molecular formula is C17H34N2. The monoisotopic (exact) mass is 266 g/mol. The molecule has 2 nitrogen and oxygen atoms in total. The summed E-state index contributed by atoms with van der Waals surface area (Å²) in [6, 6.07) is 0.789. The van der Waals surface area contributed by atoms with Crippen LogP contribution in [0.5, 0.6) is 0 Å². The van der Waals surface area contributed by atoms with E-state index in [1.165, 1.54) is 51.6 Å². The zero-order valence-corrected chi connectivity index (χ0v) is 13.3. The second kappa shape index (κ2) is 7.08. The lowest BCUT2D eigenvalue weighted by Crippen LogP contribution is -2.50. The number of nitrogens with zero attached hydrogens (tertiary/aromatic N) is 1. The maximum absolute atomic E-state index is 6.04. The Kier molecular flexibility index (Phi) is 5.70. The molecule has 1 aliphatic carbocycles. The molecule has 2 heteroatoms. The summed E-state index contributed by atoms with van der Waals surface area (Å²) in [5.41, 5.74) is 6.04. The molecule has 0 amide bonds.